The summed E-state index contributed by atoms with van der Waals surface area (Å²) in [6, 6.07) is 6.40. The molecule has 0 aliphatic carbocycles. The van der Waals surface area contributed by atoms with Gasteiger partial charge in [-0.1, -0.05) is 25.1 Å². The molecule has 3 aromatic rings. The minimum Gasteiger partial charge on any atom is -0.457 e. The average Bonchev–Trinajstić information content (AvgIpc) is 3.58. The molecule has 11 nitrogen and oxygen atoms in total. The van der Waals surface area contributed by atoms with Gasteiger partial charge in [-0.2, -0.15) is 0 Å². The number of aliphatic hydroxyl groups excluding tert-OH is 1. The number of thiazole rings is 1. The molecule has 0 bridgehead atoms. The van der Waals surface area contributed by atoms with Gasteiger partial charge >= 0.3 is 11.9 Å². The Morgan fingerprint density at radius 1 is 1.28 bits per heavy atom. The number of imidazole rings is 1. The first kappa shape index (κ1) is 25.5. The van der Waals surface area contributed by atoms with E-state index in [1.54, 1.807) is 34.9 Å². The largest absolute Gasteiger partial charge is 0.457 e. The Kier molecular flexibility index (Phi) is 5.79. The van der Waals surface area contributed by atoms with Gasteiger partial charge < -0.3 is 19.5 Å². The maximum absolute atomic E-state index is 13.5. The van der Waals surface area contributed by atoms with E-state index in [1.165, 1.54) is 24.2 Å². The molecule has 1 saturated heterocycles. The third-order valence-electron chi connectivity index (χ3n) is 7.26. The van der Waals surface area contributed by atoms with Gasteiger partial charge in [-0.05, 0) is 19.1 Å². The molecule has 4 atom stereocenters. The molecule has 0 saturated carbocycles. The number of carbonyl (C=O) groups excluding carboxylic acids is 3. The fourth-order valence-corrected chi connectivity index (χ4v) is 7.89. The molecule has 1 aromatic carbocycles. The summed E-state index contributed by atoms with van der Waals surface area (Å²) < 4.78 is 36.8. The van der Waals surface area contributed by atoms with Crippen molar-refractivity contribution in [2.45, 2.75) is 31.0 Å². The highest BCUT2D eigenvalue weighted by atomic mass is 32.2. The number of aromatic nitrogens is 2. The lowest BCUT2D eigenvalue weighted by atomic mass is 9.77. The molecule has 1 fully saturated rings. The zero-order valence-electron chi connectivity index (χ0n) is 21.0. The number of hydrogen-bond donors (Lipinski definition) is 1. The van der Waals surface area contributed by atoms with Crippen LogP contribution in [0.25, 0.3) is 16.2 Å². The van der Waals surface area contributed by atoms with Gasteiger partial charge in [0, 0.05) is 29.5 Å². The van der Waals surface area contributed by atoms with Crippen LogP contribution in [0, 0.1) is 11.8 Å². The van der Waals surface area contributed by atoms with Gasteiger partial charge in [0.1, 0.15) is 29.2 Å². The standard InChI is InChI=1S/C26H23N3O8S2/c1-12-18(17-10-28-11-27-22(24(28)38-17)39(3,34)35)21(29-20(12)19(13(2)30)23(29)31)26(33)36-9-8-16-14-6-4-5-7-15(14)25(32)37-16/h4-8,10-13,19-20,30H,9H2,1-3H3/b16-8-/t12-,13+,19+,20+/m0/s1. The third-order valence-corrected chi connectivity index (χ3v) is 9.53. The van der Waals surface area contributed by atoms with Gasteiger partial charge in [-0.3, -0.25) is 9.20 Å². The number of fused-ring (bicyclic) bond motifs is 3. The smallest absolute Gasteiger partial charge is 0.355 e. The zero-order chi connectivity index (χ0) is 27.8. The average molecular weight is 570 g/mol. The molecular weight excluding hydrogens is 546 g/mol. The zero-order valence-corrected chi connectivity index (χ0v) is 22.7. The van der Waals surface area contributed by atoms with E-state index in [-0.39, 0.29) is 34.9 Å². The maximum atomic E-state index is 13.5. The number of β-lactam (4-membered cyclic amide) rings is 1. The van der Waals surface area contributed by atoms with E-state index in [4.69, 9.17) is 9.47 Å². The van der Waals surface area contributed by atoms with Crippen LogP contribution in [0.1, 0.15) is 34.6 Å². The molecule has 1 amide bonds. The molecule has 13 heteroatoms. The van der Waals surface area contributed by atoms with Crippen LogP contribution in [-0.2, 0) is 28.9 Å². The Bertz CT molecular complexity index is 1750. The summed E-state index contributed by atoms with van der Waals surface area (Å²) in [4.78, 5) is 44.9. The van der Waals surface area contributed by atoms with Crippen LogP contribution in [0.4, 0.5) is 0 Å². The van der Waals surface area contributed by atoms with Crippen LogP contribution in [0.2, 0.25) is 0 Å². The highest BCUT2D eigenvalue weighted by Gasteiger charge is 2.60. The van der Waals surface area contributed by atoms with E-state index in [2.05, 4.69) is 4.98 Å². The fourth-order valence-electron chi connectivity index (χ4n) is 5.54. The topological polar surface area (TPSA) is 145 Å². The summed E-state index contributed by atoms with van der Waals surface area (Å²) in [5, 5.41) is 10.2. The summed E-state index contributed by atoms with van der Waals surface area (Å²) in [5.74, 6) is -2.39. The lowest BCUT2D eigenvalue weighted by molar-refractivity contribution is -0.164. The molecule has 6 rings (SSSR count). The Hall–Kier alpha value is -3.81. The molecule has 1 N–H and O–H groups in total. The van der Waals surface area contributed by atoms with Crippen LogP contribution in [-0.4, -0.2) is 70.7 Å². The number of hydrogen-bond acceptors (Lipinski definition) is 10. The SMILES string of the molecule is C[C@@H](O)[C@H]1C(=O)N2C(C(=O)OC/C=C3\OC(=O)c4ccccc43)=C(c3cn4cnc(S(C)(=O)=O)c4s3)[C@H](C)[C@H]12. The number of nitrogens with zero attached hydrogens (tertiary/aromatic N) is 3. The highest BCUT2D eigenvalue weighted by Crippen LogP contribution is 2.52. The molecule has 39 heavy (non-hydrogen) atoms. The number of benzene rings is 1. The maximum Gasteiger partial charge on any atom is 0.355 e. The first-order chi connectivity index (χ1) is 18.5. The van der Waals surface area contributed by atoms with E-state index >= 15 is 0 Å². The minimum absolute atomic E-state index is 0.0509. The van der Waals surface area contributed by atoms with E-state index in [1.807, 2.05) is 6.92 Å². The van der Waals surface area contributed by atoms with Crippen molar-refractivity contribution in [2.75, 3.05) is 12.9 Å². The van der Waals surface area contributed by atoms with Crippen molar-refractivity contribution >= 4 is 55.2 Å². The number of esters is 2. The van der Waals surface area contributed by atoms with Gasteiger partial charge in [-0.15, -0.1) is 11.3 Å². The van der Waals surface area contributed by atoms with Crippen LogP contribution in [0.5, 0.6) is 0 Å². The molecule has 0 radical (unpaired) electrons. The number of aliphatic hydroxyl groups is 1. The summed E-state index contributed by atoms with van der Waals surface area (Å²) >= 11 is 1.14. The van der Waals surface area contributed by atoms with Crippen molar-refractivity contribution in [3.05, 3.63) is 64.6 Å². The van der Waals surface area contributed by atoms with Gasteiger partial charge in [0.05, 0.1) is 28.5 Å². The summed E-state index contributed by atoms with van der Waals surface area (Å²) in [6.45, 7) is 3.17. The second-order valence-corrected chi connectivity index (χ2v) is 12.7. The Labute approximate surface area is 226 Å². The van der Waals surface area contributed by atoms with Crippen molar-refractivity contribution < 1.29 is 37.4 Å². The Balaban J connectivity index is 1.36. The van der Waals surface area contributed by atoms with Crippen molar-refractivity contribution in [2.24, 2.45) is 11.8 Å². The van der Waals surface area contributed by atoms with Crippen molar-refractivity contribution in [3.63, 3.8) is 0 Å². The monoisotopic (exact) mass is 569 g/mol. The molecule has 0 unspecified atom stereocenters. The fraction of sp³-hybridized carbons (Fsp3) is 0.308. The van der Waals surface area contributed by atoms with Crippen LogP contribution in [0.3, 0.4) is 0 Å². The molecule has 202 valence electrons. The van der Waals surface area contributed by atoms with E-state index < -0.39 is 39.8 Å². The number of amides is 1. The van der Waals surface area contributed by atoms with Crippen LogP contribution < -0.4 is 0 Å². The van der Waals surface area contributed by atoms with Crippen molar-refractivity contribution in [1.29, 1.82) is 0 Å². The summed E-state index contributed by atoms with van der Waals surface area (Å²) in [6.07, 6.45) is 4.69. The second-order valence-electron chi connectivity index (χ2n) is 9.75. The number of cyclic esters (lactones) is 1. The van der Waals surface area contributed by atoms with Crippen molar-refractivity contribution in [3.8, 4) is 0 Å². The quantitative estimate of drug-likeness (QED) is 0.349. The first-order valence-electron chi connectivity index (χ1n) is 12.1. The minimum atomic E-state index is -3.59. The molecule has 3 aliphatic rings. The van der Waals surface area contributed by atoms with E-state index in [9.17, 15) is 27.9 Å². The predicted molar refractivity (Wildman–Crippen MR) is 139 cm³/mol. The lowest BCUT2D eigenvalue weighted by Crippen LogP contribution is -2.63. The Morgan fingerprint density at radius 3 is 2.69 bits per heavy atom. The van der Waals surface area contributed by atoms with Crippen molar-refractivity contribution in [1.82, 2.24) is 14.3 Å². The van der Waals surface area contributed by atoms with E-state index in [0.717, 1.165) is 17.6 Å². The first-order valence-corrected chi connectivity index (χ1v) is 14.8. The number of ether oxygens (including phenoxy) is 2. The van der Waals surface area contributed by atoms with Gasteiger partial charge in [0.25, 0.3) is 0 Å². The molecule has 5 heterocycles. The Morgan fingerprint density at radius 2 is 2.00 bits per heavy atom. The highest BCUT2D eigenvalue weighted by molar-refractivity contribution is 7.91. The number of rotatable bonds is 6. The number of carbonyl (C=O) groups is 3. The van der Waals surface area contributed by atoms with Crippen LogP contribution >= 0.6 is 11.3 Å². The lowest BCUT2D eigenvalue weighted by Gasteiger charge is -2.46. The normalized spacial score (nSPS) is 24.2. The van der Waals surface area contributed by atoms with Crippen LogP contribution in [0.15, 0.2) is 53.6 Å². The predicted octanol–water partition coefficient (Wildman–Crippen LogP) is 2.12. The second kappa shape index (κ2) is 8.86. The van der Waals surface area contributed by atoms with E-state index in [0.29, 0.717) is 26.4 Å². The molecule has 0 spiro atoms. The number of sulfone groups is 1. The molecule has 2 aromatic heterocycles. The molecule has 3 aliphatic heterocycles. The van der Waals surface area contributed by atoms with Gasteiger partial charge in [0.15, 0.2) is 14.9 Å². The molecular formula is C26H23N3O8S2. The summed E-state index contributed by atoms with van der Waals surface area (Å²) in [7, 11) is -3.59. The summed E-state index contributed by atoms with van der Waals surface area (Å²) in [5.41, 5.74) is 1.59. The van der Waals surface area contributed by atoms with Gasteiger partial charge in [0.2, 0.25) is 5.91 Å². The third kappa shape index (κ3) is 3.83. The van der Waals surface area contributed by atoms with Gasteiger partial charge in [-0.25, -0.2) is 23.0 Å².